The van der Waals surface area contributed by atoms with Crippen molar-refractivity contribution in [2.75, 3.05) is 30.4 Å². The first kappa shape index (κ1) is 41.0. The Morgan fingerprint density at radius 1 is 1.06 bits per heavy atom. The molecular weight excluding hydrogens is 767 g/mol. The monoisotopic (exact) mass is 798 g/mol. The zero-order valence-electron chi connectivity index (χ0n) is 28.8. The predicted octanol–water partition coefficient (Wildman–Crippen LogP) is 5.48. The van der Waals surface area contributed by atoms with E-state index in [4.69, 9.17) is 11.6 Å². The molecule has 19 heteroatoms. The molecule has 2 aromatic heterocycles. The lowest BCUT2D eigenvalue weighted by Gasteiger charge is -2.23. The van der Waals surface area contributed by atoms with Gasteiger partial charge in [-0.1, -0.05) is 23.6 Å². The van der Waals surface area contributed by atoms with Crippen LogP contribution < -0.4 is 9.62 Å². The van der Waals surface area contributed by atoms with Crippen molar-refractivity contribution in [3.05, 3.63) is 76.1 Å². The van der Waals surface area contributed by atoms with E-state index in [1.807, 2.05) is 0 Å². The molecule has 0 saturated heterocycles. The summed E-state index contributed by atoms with van der Waals surface area (Å²) in [6.07, 6.45) is -1.87. The van der Waals surface area contributed by atoms with Gasteiger partial charge in [0.15, 0.2) is 5.82 Å². The third-order valence-corrected chi connectivity index (χ3v) is 10.5. The molecule has 1 N–H and O–H groups in total. The summed E-state index contributed by atoms with van der Waals surface area (Å²) in [4.78, 5) is 42.0. The Hall–Kier alpha value is -4.73. The van der Waals surface area contributed by atoms with Crippen molar-refractivity contribution in [3.63, 3.8) is 0 Å². The number of benzene rings is 2. The summed E-state index contributed by atoms with van der Waals surface area (Å²) < 4.78 is 96.3. The first-order chi connectivity index (χ1) is 24.8. The number of amides is 3. The number of anilines is 1. The van der Waals surface area contributed by atoms with Crippen LogP contribution in [0.5, 0.6) is 0 Å². The molecule has 0 fully saturated rings. The van der Waals surface area contributed by atoms with Crippen molar-refractivity contribution in [1.82, 2.24) is 25.0 Å². The second-order valence-corrected chi connectivity index (χ2v) is 15.7. The average Bonchev–Trinajstić information content (AvgIpc) is 3.41. The van der Waals surface area contributed by atoms with Gasteiger partial charge in [-0.05, 0) is 62.1 Å². The molecule has 0 saturated carbocycles. The van der Waals surface area contributed by atoms with Crippen molar-refractivity contribution >= 4 is 68.8 Å². The number of pyridine rings is 1. The van der Waals surface area contributed by atoms with Gasteiger partial charge in [0, 0.05) is 47.6 Å². The van der Waals surface area contributed by atoms with Crippen molar-refractivity contribution in [2.24, 2.45) is 0 Å². The van der Waals surface area contributed by atoms with E-state index in [1.165, 1.54) is 37.6 Å². The van der Waals surface area contributed by atoms with Crippen LogP contribution in [-0.2, 0) is 44.3 Å². The predicted molar refractivity (Wildman–Crippen MR) is 192 cm³/mol. The third-order valence-electron chi connectivity index (χ3n) is 7.84. The van der Waals surface area contributed by atoms with E-state index >= 15 is 0 Å². The van der Waals surface area contributed by atoms with Crippen molar-refractivity contribution < 1.29 is 44.8 Å². The number of aromatic nitrogens is 3. The minimum atomic E-state index is -4.87. The Labute approximate surface area is 310 Å². The van der Waals surface area contributed by atoms with Gasteiger partial charge in [-0.3, -0.25) is 13.7 Å². The highest BCUT2D eigenvalue weighted by atomic mass is 35.5. The SMILES string of the molecule is CN(CC=O)C(=O)N(c1nn(CC(F)(F)F)c2c(-c3ccc(C#CC(C)(C)S(C)=O)nc3C(Cc3cc(F)cc(F)c3)NC=O)ccc(Cl)c12)S(C)=O. The molecular formula is C34H32ClF5N6O5S2. The zero-order valence-corrected chi connectivity index (χ0v) is 31.1. The van der Waals surface area contributed by atoms with E-state index < -0.39 is 75.3 Å². The number of nitrogens with zero attached hydrogens (tertiary/aromatic N) is 5. The van der Waals surface area contributed by atoms with E-state index in [9.17, 15) is 44.8 Å². The van der Waals surface area contributed by atoms with E-state index in [2.05, 4.69) is 27.2 Å². The molecule has 4 aromatic rings. The lowest BCUT2D eigenvalue weighted by Crippen LogP contribution is -2.43. The van der Waals surface area contributed by atoms with E-state index in [0.29, 0.717) is 27.7 Å². The third kappa shape index (κ3) is 9.64. The maximum atomic E-state index is 14.2. The number of aldehydes is 1. The molecule has 282 valence electrons. The average molecular weight is 799 g/mol. The number of carbonyl (C=O) groups excluding carboxylic acids is 3. The largest absolute Gasteiger partial charge is 0.408 e. The summed E-state index contributed by atoms with van der Waals surface area (Å²) >= 11 is 6.59. The van der Waals surface area contributed by atoms with Gasteiger partial charge in [-0.15, -0.1) is 0 Å². The van der Waals surface area contributed by atoms with Crippen LogP contribution in [0.4, 0.5) is 32.6 Å². The molecule has 4 rings (SSSR count). The van der Waals surface area contributed by atoms with E-state index in [0.717, 1.165) is 23.3 Å². The topological polar surface area (TPSA) is 135 Å². The number of alkyl halides is 3. The van der Waals surface area contributed by atoms with Crippen LogP contribution in [0.2, 0.25) is 5.02 Å². The molecule has 11 nitrogen and oxygen atoms in total. The van der Waals surface area contributed by atoms with Gasteiger partial charge in [-0.2, -0.15) is 22.6 Å². The van der Waals surface area contributed by atoms with E-state index in [1.54, 1.807) is 13.8 Å². The number of hydrogen-bond donors (Lipinski definition) is 1. The first-order valence-corrected chi connectivity index (χ1v) is 18.8. The van der Waals surface area contributed by atoms with Crippen LogP contribution in [0, 0.1) is 23.5 Å². The fraction of sp³-hybridized carbons (Fsp3) is 0.324. The highest BCUT2D eigenvalue weighted by Crippen LogP contribution is 2.42. The number of halogens is 6. The molecule has 0 aliphatic carbocycles. The van der Waals surface area contributed by atoms with Gasteiger partial charge in [0.05, 0.1) is 34.2 Å². The molecule has 3 unspecified atom stereocenters. The second-order valence-electron chi connectivity index (χ2n) is 12.1. The Kier molecular flexibility index (Phi) is 12.8. The molecule has 2 heterocycles. The molecule has 0 bridgehead atoms. The van der Waals surface area contributed by atoms with Gasteiger partial charge in [0.1, 0.15) is 45.9 Å². The van der Waals surface area contributed by atoms with Crippen molar-refractivity contribution in [2.45, 2.75) is 43.8 Å². The minimum Gasteiger partial charge on any atom is -0.350 e. The molecule has 0 aliphatic heterocycles. The maximum Gasteiger partial charge on any atom is 0.408 e. The number of hydrogen-bond acceptors (Lipinski definition) is 7. The molecule has 0 aliphatic rings. The van der Waals surface area contributed by atoms with Crippen LogP contribution in [-0.4, -0.2) is 83.8 Å². The van der Waals surface area contributed by atoms with Gasteiger partial charge in [0.2, 0.25) is 6.41 Å². The maximum absolute atomic E-state index is 14.2. The molecule has 0 spiro atoms. The van der Waals surface area contributed by atoms with Crippen LogP contribution >= 0.6 is 11.6 Å². The number of carbonyl (C=O) groups is 3. The number of urea groups is 1. The summed E-state index contributed by atoms with van der Waals surface area (Å²) in [7, 11) is -2.42. The Bertz CT molecular complexity index is 2170. The Balaban J connectivity index is 2.11. The number of likely N-dealkylation sites (N-methyl/N-ethyl adjacent to an activating group) is 1. The summed E-state index contributed by atoms with van der Waals surface area (Å²) in [6.45, 7) is 1.13. The second kappa shape index (κ2) is 16.5. The summed E-state index contributed by atoms with van der Waals surface area (Å²) in [5, 5.41) is 6.24. The Morgan fingerprint density at radius 2 is 1.70 bits per heavy atom. The fourth-order valence-electron chi connectivity index (χ4n) is 5.18. The smallest absolute Gasteiger partial charge is 0.350 e. The molecule has 3 atom stereocenters. The molecule has 2 aromatic carbocycles. The number of fused-ring (bicyclic) bond motifs is 1. The van der Waals surface area contributed by atoms with Gasteiger partial charge in [-0.25, -0.2) is 22.8 Å². The fourth-order valence-corrected chi connectivity index (χ4v) is 6.34. The molecule has 53 heavy (non-hydrogen) atoms. The van der Waals surface area contributed by atoms with Crippen molar-refractivity contribution in [1.29, 1.82) is 0 Å². The van der Waals surface area contributed by atoms with Crippen molar-refractivity contribution in [3.8, 4) is 23.0 Å². The molecule has 3 amide bonds. The van der Waals surface area contributed by atoms with Gasteiger partial charge >= 0.3 is 12.2 Å². The highest BCUT2D eigenvalue weighted by molar-refractivity contribution is 7.86. The quantitative estimate of drug-likeness (QED) is 0.114. The van der Waals surface area contributed by atoms with Crippen LogP contribution in [0.25, 0.3) is 22.0 Å². The van der Waals surface area contributed by atoms with Crippen LogP contribution in [0.15, 0.2) is 42.5 Å². The normalized spacial score (nSPS) is 13.4. The van der Waals surface area contributed by atoms with Gasteiger partial charge in [0.25, 0.3) is 0 Å². The first-order valence-electron chi connectivity index (χ1n) is 15.4. The Morgan fingerprint density at radius 3 is 2.26 bits per heavy atom. The highest BCUT2D eigenvalue weighted by Gasteiger charge is 2.35. The summed E-state index contributed by atoms with van der Waals surface area (Å²) in [6, 6.07) is 6.06. The lowest BCUT2D eigenvalue weighted by atomic mass is 9.94. The summed E-state index contributed by atoms with van der Waals surface area (Å²) in [5.74, 6) is 3.39. The van der Waals surface area contributed by atoms with Crippen LogP contribution in [0.1, 0.15) is 36.8 Å². The number of nitrogens with one attached hydrogen (secondary N) is 1. The van der Waals surface area contributed by atoms with Crippen LogP contribution in [0.3, 0.4) is 0 Å². The van der Waals surface area contributed by atoms with E-state index in [-0.39, 0.29) is 50.4 Å². The lowest BCUT2D eigenvalue weighted by molar-refractivity contribution is -0.141. The standard InChI is InChI=1S/C34H32ClF5N6O5S2/c1-33(2,52(4)50)11-10-23-6-7-24(29(42-23)27(41-19-48)16-20-14-21(36)17-22(37)15-20)25-8-9-26(35)28-30(25)45(18-34(38,39)40)43-31(28)46(53(5)51)32(49)44(3)12-13-47/h6-9,13-15,17,19,27H,12,16,18H2,1-5H3,(H,41,48). The van der Waals surface area contributed by atoms with Gasteiger partial charge < -0.3 is 15.0 Å². The minimum absolute atomic E-state index is 0.00283. The zero-order chi connectivity index (χ0) is 39.4. The number of rotatable bonds is 12. The summed E-state index contributed by atoms with van der Waals surface area (Å²) in [5.41, 5.74) is -0.00295. The molecule has 0 radical (unpaired) electrons.